The highest BCUT2D eigenvalue weighted by atomic mass is 35.5. The highest BCUT2D eigenvalue weighted by Crippen LogP contribution is 2.27. The van der Waals surface area contributed by atoms with Crippen molar-refractivity contribution in [2.24, 2.45) is 5.92 Å². The average Bonchev–Trinajstić information content (AvgIpc) is 3.46. The summed E-state index contributed by atoms with van der Waals surface area (Å²) in [6.07, 6.45) is 2.22. The first-order valence-electron chi connectivity index (χ1n) is 11.0. The molecule has 8 nitrogen and oxygen atoms in total. The largest absolute Gasteiger partial charge is 0.484 e. The SMILES string of the molecule is O=C(COc1ccc(N2C[C@H](C(=O)NC[C@H]3CCCO3)CC2=O)cc1)Nc1cccc(Cl)c1. The van der Waals surface area contributed by atoms with Gasteiger partial charge in [0.15, 0.2) is 6.61 Å². The van der Waals surface area contributed by atoms with Gasteiger partial charge in [-0.1, -0.05) is 17.7 Å². The lowest BCUT2D eigenvalue weighted by Crippen LogP contribution is -2.37. The zero-order valence-corrected chi connectivity index (χ0v) is 18.8. The lowest BCUT2D eigenvalue weighted by Gasteiger charge is -2.18. The fraction of sp³-hybridized carbons (Fsp3) is 0.375. The Labute approximate surface area is 197 Å². The summed E-state index contributed by atoms with van der Waals surface area (Å²) >= 11 is 5.91. The van der Waals surface area contributed by atoms with E-state index < -0.39 is 0 Å². The van der Waals surface area contributed by atoms with Crippen LogP contribution in [0.1, 0.15) is 19.3 Å². The number of halogens is 1. The molecule has 2 aliphatic heterocycles. The number of rotatable bonds is 8. The van der Waals surface area contributed by atoms with E-state index in [1.807, 2.05) is 0 Å². The van der Waals surface area contributed by atoms with Gasteiger partial charge in [0.1, 0.15) is 5.75 Å². The van der Waals surface area contributed by atoms with Crippen molar-refractivity contribution < 1.29 is 23.9 Å². The quantitative estimate of drug-likeness (QED) is 0.617. The van der Waals surface area contributed by atoms with Crippen LogP contribution in [-0.2, 0) is 19.1 Å². The lowest BCUT2D eigenvalue weighted by atomic mass is 10.1. The van der Waals surface area contributed by atoms with Gasteiger partial charge >= 0.3 is 0 Å². The van der Waals surface area contributed by atoms with E-state index >= 15 is 0 Å². The van der Waals surface area contributed by atoms with Crippen LogP contribution in [0.4, 0.5) is 11.4 Å². The van der Waals surface area contributed by atoms with Crippen LogP contribution in [-0.4, -0.2) is 50.1 Å². The lowest BCUT2D eigenvalue weighted by molar-refractivity contribution is -0.126. The molecule has 9 heteroatoms. The van der Waals surface area contributed by atoms with Crippen molar-refractivity contribution in [3.05, 3.63) is 53.6 Å². The summed E-state index contributed by atoms with van der Waals surface area (Å²) in [6, 6.07) is 13.7. The summed E-state index contributed by atoms with van der Waals surface area (Å²) in [5, 5.41) is 6.15. The molecule has 2 fully saturated rings. The molecule has 0 unspecified atom stereocenters. The van der Waals surface area contributed by atoms with E-state index in [9.17, 15) is 14.4 Å². The van der Waals surface area contributed by atoms with Crippen molar-refractivity contribution >= 4 is 40.7 Å². The second kappa shape index (κ2) is 10.7. The van der Waals surface area contributed by atoms with E-state index in [0.29, 0.717) is 35.2 Å². The summed E-state index contributed by atoms with van der Waals surface area (Å²) in [6.45, 7) is 1.39. The molecule has 33 heavy (non-hydrogen) atoms. The first-order valence-corrected chi connectivity index (χ1v) is 11.3. The maximum absolute atomic E-state index is 12.5. The minimum atomic E-state index is -0.384. The third kappa shape index (κ3) is 6.24. The second-order valence-electron chi connectivity index (χ2n) is 8.13. The van der Waals surface area contributed by atoms with Crippen LogP contribution >= 0.6 is 11.6 Å². The third-order valence-electron chi connectivity index (χ3n) is 5.65. The first kappa shape index (κ1) is 23.1. The number of nitrogens with zero attached hydrogens (tertiary/aromatic N) is 1. The maximum atomic E-state index is 12.5. The van der Waals surface area contributed by atoms with Crippen molar-refractivity contribution in [1.29, 1.82) is 0 Å². The number of benzene rings is 2. The highest BCUT2D eigenvalue weighted by molar-refractivity contribution is 6.30. The fourth-order valence-corrected chi connectivity index (χ4v) is 4.12. The number of nitrogens with one attached hydrogen (secondary N) is 2. The molecule has 174 valence electrons. The molecule has 0 saturated carbocycles. The molecule has 2 heterocycles. The highest BCUT2D eigenvalue weighted by Gasteiger charge is 2.35. The molecule has 2 aromatic carbocycles. The number of ether oxygens (including phenoxy) is 2. The molecular formula is C24H26ClN3O5. The Morgan fingerprint density at radius 3 is 2.73 bits per heavy atom. The van der Waals surface area contributed by atoms with Gasteiger partial charge in [0.2, 0.25) is 11.8 Å². The molecule has 3 amide bonds. The molecule has 0 bridgehead atoms. The summed E-state index contributed by atoms with van der Waals surface area (Å²) in [4.78, 5) is 38.6. The van der Waals surface area contributed by atoms with Gasteiger partial charge in [0.25, 0.3) is 5.91 Å². The van der Waals surface area contributed by atoms with Crippen LogP contribution in [0, 0.1) is 5.92 Å². The molecule has 2 aromatic rings. The Kier molecular flexibility index (Phi) is 7.47. The van der Waals surface area contributed by atoms with E-state index in [1.165, 1.54) is 0 Å². The average molecular weight is 472 g/mol. The molecule has 0 aromatic heterocycles. The predicted octanol–water partition coefficient (Wildman–Crippen LogP) is 3.01. The smallest absolute Gasteiger partial charge is 0.262 e. The number of hydrogen-bond acceptors (Lipinski definition) is 5. The Bertz CT molecular complexity index is 1010. The molecular weight excluding hydrogens is 446 g/mol. The van der Waals surface area contributed by atoms with E-state index in [2.05, 4.69) is 10.6 Å². The van der Waals surface area contributed by atoms with Crippen LogP contribution in [0.5, 0.6) is 5.75 Å². The van der Waals surface area contributed by atoms with Gasteiger partial charge in [-0.05, 0) is 55.3 Å². The van der Waals surface area contributed by atoms with E-state index in [4.69, 9.17) is 21.1 Å². The fourth-order valence-electron chi connectivity index (χ4n) is 3.93. The molecule has 0 radical (unpaired) electrons. The Balaban J connectivity index is 1.25. The third-order valence-corrected chi connectivity index (χ3v) is 5.89. The van der Waals surface area contributed by atoms with Gasteiger partial charge in [-0.2, -0.15) is 0 Å². The van der Waals surface area contributed by atoms with E-state index in [0.717, 1.165) is 19.4 Å². The minimum absolute atomic E-state index is 0.0716. The normalized spacial score (nSPS) is 20.0. The van der Waals surface area contributed by atoms with Gasteiger partial charge in [-0.25, -0.2) is 0 Å². The van der Waals surface area contributed by atoms with E-state index in [1.54, 1.807) is 53.4 Å². The van der Waals surface area contributed by atoms with Gasteiger partial charge in [0, 0.05) is 42.5 Å². The zero-order chi connectivity index (χ0) is 23.2. The summed E-state index contributed by atoms with van der Waals surface area (Å²) < 4.78 is 11.1. The van der Waals surface area contributed by atoms with Crippen LogP contribution in [0.2, 0.25) is 5.02 Å². The van der Waals surface area contributed by atoms with Crippen molar-refractivity contribution in [2.45, 2.75) is 25.4 Å². The maximum Gasteiger partial charge on any atom is 0.262 e. The van der Waals surface area contributed by atoms with Gasteiger partial charge in [-0.15, -0.1) is 0 Å². The van der Waals surface area contributed by atoms with Gasteiger partial charge in [-0.3, -0.25) is 14.4 Å². The van der Waals surface area contributed by atoms with Crippen LogP contribution < -0.4 is 20.3 Å². The molecule has 0 aliphatic carbocycles. The zero-order valence-electron chi connectivity index (χ0n) is 18.1. The van der Waals surface area contributed by atoms with Crippen LogP contribution in [0.15, 0.2) is 48.5 Å². The molecule has 0 spiro atoms. The molecule has 2 N–H and O–H groups in total. The topological polar surface area (TPSA) is 97.0 Å². The van der Waals surface area contributed by atoms with Crippen LogP contribution in [0.25, 0.3) is 0 Å². The summed E-state index contributed by atoms with van der Waals surface area (Å²) in [5.74, 6) is -0.413. The molecule has 2 aliphatic rings. The number of hydrogen-bond donors (Lipinski definition) is 2. The Morgan fingerprint density at radius 1 is 1.18 bits per heavy atom. The number of carbonyl (C=O) groups is 3. The standard InChI is InChI=1S/C24H26ClN3O5/c25-17-3-1-4-18(12-17)27-22(29)15-33-20-8-6-19(7-9-20)28-14-16(11-23(28)30)24(31)26-13-21-5-2-10-32-21/h1,3-4,6-9,12,16,21H,2,5,10-11,13-15H2,(H,26,31)(H,27,29)/t16-,21-/m1/s1. The second-order valence-corrected chi connectivity index (χ2v) is 8.56. The molecule has 2 atom stereocenters. The van der Waals surface area contributed by atoms with Crippen molar-refractivity contribution in [3.63, 3.8) is 0 Å². The first-order chi connectivity index (χ1) is 16.0. The van der Waals surface area contributed by atoms with Crippen molar-refractivity contribution in [3.8, 4) is 5.75 Å². The minimum Gasteiger partial charge on any atom is -0.484 e. The van der Waals surface area contributed by atoms with Gasteiger partial charge in [0.05, 0.1) is 12.0 Å². The molecule has 4 rings (SSSR count). The van der Waals surface area contributed by atoms with Crippen LogP contribution in [0.3, 0.4) is 0 Å². The summed E-state index contributed by atoms with van der Waals surface area (Å²) in [5.41, 5.74) is 1.28. The Morgan fingerprint density at radius 2 is 2.00 bits per heavy atom. The van der Waals surface area contributed by atoms with E-state index in [-0.39, 0.29) is 42.8 Å². The van der Waals surface area contributed by atoms with Gasteiger partial charge < -0.3 is 25.0 Å². The number of anilines is 2. The number of carbonyl (C=O) groups excluding carboxylic acids is 3. The number of amides is 3. The Hall–Kier alpha value is -3.10. The van der Waals surface area contributed by atoms with Crippen molar-refractivity contribution in [1.82, 2.24) is 5.32 Å². The predicted molar refractivity (Wildman–Crippen MR) is 124 cm³/mol. The monoisotopic (exact) mass is 471 g/mol. The molecule has 2 saturated heterocycles. The summed E-state index contributed by atoms with van der Waals surface area (Å²) in [7, 11) is 0. The van der Waals surface area contributed by atoms with Crippen molar-refractivity contribution in [2.75, 3.05) is 36.5 Å².